The molecule has 15 heavy (non-hydrogen) atoms. The summed E-state index contributed by atoms with van der Waals surface area (Å²) in [6, 6.07) is 0. The van der Waals surface area contributed by atoms with Crippen molar-refractivity contribution >= 4 is 0 Å². The quantitative estimate of drug-likeness (QED) is 0.279. The summed E-state index contributed by atoms with van der Waals surface area (Å²) in [6.07, 6.45) is 4.23. The Morgan fingerprint density at radius 3 is 2.27 bits per heavy atom. The Morgan fingerprint density at radius 1 is 1.00 bits per heavy atom. The molecule has 5 nitrogen and oxygen atoms in total. The lowest BCUT2D eigenvalue weighted by Crippen LogP contribution is -2.45. The van der Waals surface area contributed by atoms with Crippen molar-refractivity contribution in [3.05, 3.63) is 0 Å². The van der Waals surface area contributed by atoms with Gasteiger partial charge >= 0.3 is 0 Å². The van der Waals surface area contributed by atoms with E-state index in [2.05, 4.69) is 0 Å². The maximum Gasteiger partial charge on any atom is 0.0573 e. The number of aliphatic hydroxyl groups is 1. The highest BCUT2D eigenvalue weighted by molar-refractivity contribution is 4.66. The van der Waals surface area contributed by atoms with Gasteiger partial charge in [-0.2, -0.15) is 0 Å². The second kappa shape index (κ2) is 10.3. The van der Waals surface area contributed by atoms with Gasteiger partial charge in [-0.3, -0.25) is 4.90 Å². The average Bonchev–Trinajstić information content (AvgIpc) is 2.24. The third-order valence-electron chi connectivity index (χ3n) is 2.48. The van der Waals surface area contributed by atoms with Crippen molar-refractivity contribution in [2.24, 2.45) is 17.2 Å². The van der Waals surface area contributed by atoms with Crippen LogP contribution in [0.15, 0.2) is 0 Å². The fraction of sp³-hybridized carbons (Fsp3) is 1.00. The summed E-state index contributed by atoms with van der Waals surface area (Å²) in [5, 5.41) is 8.87. The molecular weight excluding hydrogens is 192 g/mol. The van der Waals surface area contributed by atoms with Gasteiger partial charge in [-0.15, -0.1) is 0 Å². The van der Waals surface area contributed by atoms with E-state index < -0.39 is 0 Å². The molecule has 0 aliphatic carbocycles. The molecule has 1 unspecified atom stereocenters. The van der Waals surface area contributed by atoms with Crippen LogP contribution in [-0.2, 0) is 0 Å². The van der Waals surface area contributed by atoms with Crippen LogP contribution in [-0.4, -0.2) is 49.0 Å². The number of hydrogen-bond donors (Lipinski definition) is 4. The molecule has 0 saturated heterocycles. The predicted molar refractivity (Wildman–Crippen MR) is 63.2 cm³/mol. The van der Waals surface area contributed by atoms with Gasteiger partial charge in [0.25, 0.3) is 0 Å². The first kappa shape index (κ1) is 14.8. The van der Waals surface area contributed by atoms with Gasteiger partial charge in [0.05, 0.1) is 12.8 Å². The number of nitrogens with two attached hydrogens (primary N) is 3. The third kappa shape index (κ3) is 7.70. The number of nitrogens with zero attached hydrogens (tertiary/aromatic N) is 1. The minimum absolute atomic E-state index is 0.0125. The molecule has 1 atom stereocenters. The molecule has 0 aromatic carbocycles. The molecule has 0 radical (unpaired) electrons. The Hall–Kier alpha value is -0.200. The summed E-state index contributed by atoms with van der Waals surface area (Å²) in [5.41, 5.74) is 16.9. The van der Waals surface area contributed by atoms with Gasteiger partial charge in [-0.25, -0.2) is 0 Å². The van der Waals surface area contributed by atoms with E-state index in [1.54, 1.807) is 0 Å². The second-order valence-electron chi connectivity index (χ2n) is 3.75. The summed E-state index contributed by atoms with van der Waals surface area (Å²) in [4.78, 5) is 2.03. The van der Waals surface area contributed by atoms with Crippen molar-refractivity contribution in [3.8, 4) is 0 Å². The molecule has 92 valence electrons. The van der Waals surface area contributed by atoms with E-state index in [9.17, 15) is 0 Å². The number of unbranched alkanes of at least 4 members (excludes halogenated alkanes) is 2. The van der Waals surface area contributed by atoms with Crippen LogP contribution in [0, 0.1) is 0 Å². The molecule has 0 aliphatic rings. The van der Waals surface area contributed by atoms with E-state index in [0.717, 1.165) is 38.8 Å². The predicted octanol–water partition coefficient (Wildman–Crippen LogP) is -0.957. The largest absolute Gasteiger partial charge is 0.395 e. The maximum absolute atomic E-state index is 8.87. The summed E-state index contributed by atoms with van der Waals surface area (Å²) < 4.78 is 0. The van der Waals surface area contributed by atoms with Crippen LogP contribution in [0.3, 0.4) is 0 Å². The fourth-order valence-electron chi connectivity index (χ4n) is 1.59. The zero-order chi connectivity index (χ0) is 11.5. The van der Waals surface area contributed by atoms with E-state index in [1.165, 1.54) is 0 Å². The van der Waals surface area contributed by atoms with Crippen LogP contribution in [0.4, 0.5) is 0 Å². The lowest BCUT2D eigenvalue weighted by Gasteiger charge is -2.27. The van der Waals surface area contributed by atoms with E-state index in [0.29, 0.717) is 13.1 Å². The molecule has 0 heterocycles. The van der Waals surface area contributed by atoms with Crippen molar-refractivity contribution in [2.45, 2.75) is 31.8 Å². The van der Waals surface area contributed by atoms with Crippen LogP contribution in [0.2, 0.25) is 0 Å². The van der Waals surface area contributed by atoms with E-state index >= 15 is 0 Å². The zero-order valence-corrected chi connectivity index (χ0v) is 9.57. The minimum atomic E-state index is 0.0125. The van der Waals surface area contributed by atoms with Gasteiger partial charge in [0.1, 0.15) is 0 Å². The second-order valence-corrected chi connectivity index (χ2v) is 3.75. The van der Waals surface area contributed by atoms with Crippen molar-refractivity contribution in [2.75, 3.05) is 32.8 Å². The first-order valence-electron chi connectivity index (χ1n) is 5.76. The summed E-state index contributed by atoms with van der Waals surface area (Å²) in [6.45, 7) is 2.82. The highest BCUT2D eigenvalue weighted by Crippen LogP contribution is 2.05. The van der Waals surface area contributed by atoms with Crippen molar-refractivity contribution in [1.82, 2.24) is 4.90 Å². The van der Waals surface area contributed by atoms with Gasteiger partial charge in [-0.1, -0.05) is 12.8 Å². The zero-order valence-electron chi connectivity index (χ0n) is 9.57. The van der Waals surface area contributed by atoms with Crippen molar-refractivity contribution < 1.29 is 5.11 Å². The molecule has 7 N–H and O–H groups in total. The number of aliphatic hydroxyl groups excluding tert-OH is 1. The molecule has 0 aromatic rings. The van der Waals surface area contributed by atoms with Crippen molar-refractivity contribution in [1.29, 1.82) is 0 Å². The first-order valence-corrected chi connectivity index (χ1v) is 5.76. The van der Waals surface area contributed by atoms with Crippen LogP contribution >= 0.6 is 0 Å². The number of hydrogen-bond acceptors (Lipinski definition) is 5. The highest BCUT2D eigenvalue weighted by Gasteiger charge is 2.11. The summed E-state index contributed by atoms with van der Waals surface area (Å²) in [7, 11) is 0. The Morgan fingerprint density at radius 2 is 1.73 bits per heavy atom. The SMILES string of the molecule is NCCCCCC(N)N(CCN)CCO. The first-order chi connectivity index (χ1) is 7.26. The summed E-state index contributed by atoms with van der Waals surface area (Å²) in [5.74, 6) is 0. The number of rotatable bonds is 10. The van der Waals surface area contributed by atoms with Gasteiger partial charge in [0.2, 0.25) is 0 Å². The van der Waals surface area contributed by atoms with E-state index in [4.69, 9.17) is 22.3 Å². The molecule has 0 saturated carbocycles. The molecule has 0 bridgehead atoms. The Kier molecular flexibility index (Phi) is 10.2. The fourth-order valence-corrected chi connectivity index (χ4v) is 1.59. The molecule has 0 amide bonds. The molecule has 0 rings (SSSR count). The van der Waals surface area contributed by atoms with Crippen LogP contribution in [0.5, 0.6) is 0 Å². The van der Waals surface area contributed by atoms with Gasteiger partial charge < -0.3 is 22.3 Å². The van der Waals surface area contributed by atoms with E-state index in [-0.39, 0.29) is 12.8 Å². The Labute approximate surface area is 92.6 Å². The van der Waals surface area contributed by atoms with Gasteiger partial charge in [0.15, 0.2) is 0 Å². The maximum atomic E-state index is 8.87. The Balaban J connectivity index is 3.65. The smallest absolute Gasteiger partial charge is 0.0573 e. The van der Waals surface area contributed by atoms with Gasteiger partial charge in [-0.05, 0) is 19.4 Å². The van der Waals surface area contributed by atoms with E-state index in [1.807, 2.05) is 4.90 Å². The van der Waals surface area contributed by atoms with Gasteiger partial charge in [0, 0.05) is 19.6 Å². The topological polar surface area (TPSA) is 102 Å². The standard InChI is InChI=1S/C10H26N4O/c11-5-3-1-2-4-10(13)14(7-6-12)8-9-15/h10,15H,1-9,11-13H2. The molecule has 0 spiro atoms. The molecule has 0 aromatic heterocycles. The molecule has 0 aliphatic heterocycles. The third-order valence-corrected chi connectivity index (χ3v) is 2.48. The van der Waals surface area contributed by atoms with Crippen LogP contribution in [0.1, 0.15) is 25.7 Å². The molecule has 5 heteroatoms. The minimum Gasteiger partial charge on any atom is -0.395 e. The lowest BCUT2D eigenvalue weighted by atomic mass is 10.1. The average molecular weight is 218 g/mol. The van der Waals surface area contributed by atoms with Crippen LogP contribution < -0.4 is 17.2 Å². The highest BCUT2D eigenvalue weighted by atomic mass is 16.3. The monoisotopic (exact) mass is 218 g/mol. The lowest BCUT2D eigenvalue weighted by molar-refractivity contribution is 0.148. The molecular formula is C10H26N4O. The molecule has 0 fully saturated rings. The summed E-state index contributed by atoms with van der Waals surface area (Å²) >= 11 is 0. The van der Waals surface area contributed by atoms with Crippen molar-refractivity contribution in [3.63, 3.8) is 0 Å². The Bertz CT molecular complexity index is 129. The van der Waals surface area contributed by atoms with Crippen LogP contribution in [0.25, 0.3) is 0 Å². The normalized spacial score (nSPS) is 13.4.